The Kier molecular flexibility index (Phi) is 3.07. The fourth-order valence-electron chi connectivity index (χ4n) is 2.13. The predicted molar refractivity (Wildman–Crippen MR) is 61.0 cm³/mol. The first-order valence-corrected chi connectivity index (χ1v) is 5.49. The molecule has 84 valence electrons. The summed E-state index contributed by atoms with van der Waals surface area (Å²) in [4.78, 5) is 6.18. The SMILES string of the molecule is CC(O)C1CCN(c2cnccc2C#N)C1. The molecule has 0 aromatic carbocycles. The molecule has 4 heteroatoms. The molecule has 1 aliphatic heterocycles. The van der Waals surface area contributed by atoms with Gasteiger partial charge in [0, 0.05) is 25.2 Å². The van der Waals surface area contributed by atoms with Crippen LogP contribution in [0.5, 0.6) is 0 Å². The lowest BCUT2D eigenvalue weighted by Crippen LogP contribution is -2.24. The summed E-state index contributed by atoms with van der Waals surface area (Å²) in [5.74, 6) is 0.298. The summed E-state index contributed by atoms with van der Waals surface area (Å²) in [6, 6.07) is 3.90. The molecule has 1 N–H and O–H groups in total. The molecule has 2 heterocycles. The zero-order chi connectivity index (χ0) is 11.5. The fraction of sp³-hybridized carbons (Fsp3) is 0.500. The lowest BCUT2D eigenvalue weighted by Gasteiger charge is -2.20. The van der Waals surface area contributed by atoms with E-state index in [4.69, 9.17) is 5.26 Å². The molecule has 2 rings (SSSR count). The van der Waals surface area contributed by atoms with Gasteiger partial charge in [-0.05, 0) is 19.4 Å². The Labute approximate surface area is 95.1 Å². The third-order valence-electron chi connectivity index (χ3n) is 3.17. The van der Waals surface area contributed by atoms with Crippen LogP contribution in [0.2, 0.25) is 0 Å². The van der Waals surface area contributed by atoms with E-state index < -0.39 is 0 Å². The van der Waals surface area contributed by atoms with Gasteiger partial charge < -0.3 is 10.0 Å². The molecule has 0 amide bonds. The highest BCUT2D eigenvalue weighted by Gasteiger charge is 2.27. The van der Waals surface area contributed by atoms with Gasteiger partial charge in [-0.15, -0.1) is 0 Å². The second-order valence-corrected chi connectivity index (χ2v) is 4.24. The smallest absolute Gasteiger partial charge is 0.101 e. The molecule has 1 aromatic heterocycles. The highest BCUT2D eigenvalue weighted by Crippen LogP contribution is 2.27. The van der Waals surface area contributed by atoms with Crippen molar-refractivity contribution in [3.8, 4) is 6.07 Å². The molecular formula is C12H15N3O. The molecule has 4 nitrogen and oxygen atoms in total. The normalized spacial score (nSPS) is 21.8. The number of hydrogen-bond donors (Lipinski definition) is 1. The van der Waals surface area contributed by atoms with Gasteiger partial charge in [-0.3, -0.25) is 4.98 Å². The van der Waals surface area contributed by atoms with Crippen LogP contribution >= 0.6 is 0 Å². The number of anilines is 1. The maximum absolute atomic E-state index is 9.54. The topological polar surface area (TPSA) is 60.1 Å². The van der Waals surface area contributed by atoms with Crippen molar-refractivity contribution >= 4 is 5.69 Å². The predicted octanol–water partition coefficient (Wildman–Crippen LogP) is 1.16. The maximum atomic E-state index is 9.54. The first-order chi connectivity index (χ1) is 7.72. The van der Waals surface area contributed by atoms with Crippen molar-refractivity contribution < 1.29 is 5.11 Å². The van der Waals surface area contributed by atoms with Gasteiger partial charge >= 0.3 is 0 Å². The lowest BCUT2D eigenvalue weighted by molar-refractivity contribution is 0.136. The third-order valence-corrected chi connectivity index (χ3v) is 3.17. The first-order valence-electron chi connectivity index (χ1n) is 5.49. The van der Waals surface area contributed by atoms with Crippen LogP contribution < -0.4 is 4.90 Å². The van der Waals surface area contributed by atoms with E-state index in [1.165, 1.54) is 0 Å². The second kappa shape index (κ2) is 4.50. The van der Waals surface area contributed by atoms with Gasteiger partial charge in [-0.2, -0.15) is 5.26 Å². The number of aliphatic hydroxyl groups is 1. The lowest BCUT2D eigenvalue weighted by atomic mass is 10.0. The molecular weight excluding hydrogens is 202 g/mol. The van der Waals surface area contributed by atoms with E-state index in [1.807, 2.05) is 6.92 Å². The molecule has 0 radical (unpaired) electrons. The number of pyridine rings is 1. The summed E-state index contributed by atoms with van der Waals surface area (Å²) in [5.41, 5.74) is 1.54. The van der Waals surface area contributed by atoms with Gasteiger partial charge in [0.2, 0.25) is 0 Å². The molecule has 16 heavy (non-hydrogen) atoms. The molecule has 0 aliphatic carbocycles. The molecule has 0 bridgehead atoms. The van der Waals surface area contributed by atoms with Crippen molar-refractivity contribution in [2.24, 2.45) is 5.92 Å². The van der Waals surface area contributed by atoms with Crippen LogP contribution in [-0.4, -0.2) is 29.3 Å². The highest BCUT2D eigenvalue weighted by atomic mass is 16.3. The van der Waals surface area contributed by atoms with Crippen LogP contribution in [0, 0.1) is 17.2 Å². The maximum Gasteiger partial charge on any atom is 0.101 e. The van der Waals surface area contributed by atoms with Crippen molar-refractivity contribution in [3.05, 3.63) is 24.0 Å². The number of aromatic nitrogens is 1. The van der Waals surface area contributed by atoms with Crippen LogP contribution in [0.4, 0.5) is 5.69 Å². The summed E-state index contributed by atoms with van der Waals surface area (Å²) < 4.78 is 0. The van der Waals surface area contributed by atoms with E-state index in [-0.39, 0.29) is 6.10 Å². The number of nitriles is 1. The minimum absolute atomic E-state index is 0.285. The van der Waals surface area contributed by atoms with Crippen molar-refractivity contribution in [2.75, 3.05) is 18.0 Å². The summed E-state index contributed by atoms with van der Waals surface area (Å²) in [5, 5.41) is 18.5. The van der Waals surface area contributed by atoms with Crippen molar-refractivity contribution in [1.82, 2.24) is 4.98 Å². The number of hydrogen-bond acceptors (Lipinski definition) is 4. The Morgan fingerprint density at radius 3 is 3.12 bits per heavy atom. The Bertz CT molecular complexity index is 411. The van der Waals surface area contributed by atoms with E-state index in [1.54, 1.807) is 18.5 Å². The minimum atomic E-state index is -0.285. The average molecular weight is 217 g/mol. The van der Waals surface area contributed by atoms with Crippen LogP contribution in [0.3, 0.4) is 0 Å². The van der Waals surface area contributed by atoms with Gasteiger partial charge in [0.05, 0.1) is 23.6 Å². The van der Waals surface area contributed by atoms with Gasteiger partial charge in [-0.1, -0.05) is 0 Å². The molecule has 0 spiro atoms. The standard InChI is InChI=1S/C12H15N3O/c1-9(16)11-3-5-15(8-11)12-7-14-4-2-10(12)6-13/h2,4,7,9,11,16H,3,5,8H2,1H3. The summed E-state index contributed by atoms with van der Waals surface area (Å²) in [7, 11) is 0. The van der Waals surface area contributed by atoms with Crippen molar-refractivity contribution in [2.45, 2.75) is 19.4 Å². The van der Waals surface area contributed by atoms with E-state index >= 15 is 0 Å². The van der Waals surface area contributed by atoms with Gasteiger partial charge in [0.15, 0.2) is 0 Å². The second-order valence-electron chi connectivity index (χ2n) is 4.24. The summed E-state index contributed by atoms with van der Waals surface area (Å²) >= 11 is 0. The van der Waals surface area contributed by atoms with Gasteiger partial charge in [0.1, 0.15) is 6.07 Å². The Morgan fingerprint density at radius 1 is 1.69 bits per heavy atom. The summed E-state index contributed by atoms with van der Waals surface area (Å²) in [6.45, 7) is 3.51. The Morgan fingerprint density at radius 2 is 2.50 bits per heavy atom. The van der Waals surface area contributed by atoms with Crippen LogP contribution in [-0.2, 0) is 0 Å². The average Bonchev–Trinajstić information content (AvgIpc) is 2.78. The zero-order valence-electron chi connectivity index (χ0n) is 9.30. The number of nitrogens with zero attached hydrogens (tertiary/aromatic N) is 3. The first kappa shape index (κ1) is 10.9. The van der Waals surface area contributed by atoms with E-state index in [2.05, 4.69) is 16.0 Å². The van der Waals surface area contributed by atoms with Crippen LogP contribution in [0.15, 0.2) is 18.5 Å². The Hall–Kier alpha value is -1.60. The van der Waals surface area contributed by atoms with E-state index in [9.17, 15) is 5.11 Å². The molecule has 1 aromatic rings. The van der Waals surface area contributed by atoms with E-state index in [0.717, 1.165) is 25.2 Å². The molecule has 1 aliphatic rings. The third kappa shape index (κ3) is 2.00. The monoisotopic (exact) mass is 217 g/mol. The van der Waals surface area contributed by atoms with Crippen LogP contribution in [0.25, 0.3) is 0 Å². The van der Waals surface area contributed by atoms with Gasteiger partial charge in [-0.25, -0.2) is 0 Å². The molecule has 2 atom stereocenters. The van der Waals surface area contributed by atoms with Crippen LogP contribution in [0.1, 0.15) is 18.9 Å². The molecule has 1 saturated heterocycles. The fourth-order valence-corrected chi connectivity index (χ4v) is 2.13. The largest absolute Gasteiger partial charge is 0.393 e. The van der Waals surface area contributed by atoms with Crippen molar-refractivity contribution in [3.63, 3.8) is 0 Å². The van der Waals surface area contributed by atoms with Gasteiger partial charge in [0.25, 0.3) is 0 Å². The molecule has 2 unspecified atom stereocenters. The summed E-state index contributed by atoms with van der Waals surface area (Å²) in [6.07, 6.45) is 4.04. The quantitative estimate of drug-likeness (QED) is 0.807. The zero-order valence-corrected chi connectivity index (χ0v) is 9.30. The van der Waals surface area contributed by atoms with Crippen molar-refractivity contribution in [1.29, 1.82) is 5.26 Å². The highest BCUT2D eigenvalue weighted by molar-refractivity contribution is 5.58. The Balaban J connectivity index is 2.18. The number of rotatable bonds is 2. The number of aliphatic hydroxyl groups excluding tert-OH is 1. The van der Waals surface area contributed by atoms with E-state index in [0.29, 0.717) is 11.5 Å². The minimum Gasteiger partial charge on any atom is -0.393 e. The molecule has 0 saturated carbocycles. The molecule has 1 fully saturated rings.